The maximum atomic E-state index is 3.47. The van der Waals surface area contributed by atoms with E-state index >= 15 is 0 Å². The average molecular weight is 183 g/mol. The van der Waals surface area contributed by atoms with Gasteiger partial charge >= 0.3 is 0 Å². The monoisotopic (exact) mass is 183 g/mol. The molecular weight excluding hydrogens is 158 g/mol. The van der Waals surface area contributed by atoms with E-state index in [4.69, 9.17) is 0 Å². The molecule has 1 fully saturated rings. The Morgan fingerprint density at radius 3 is 2.46 bits per heavy atom. The number of unbranched alkanes of at least 4 members (excludes halogenated alkanes) is 1. The standard InChI is InChI=1S/C12H25N/c1-11(2)13-10-6-5-9-12-7-3-4-8-12/h11-13H,3-10H2,1-2H3. The van der Waals surface area contributed by atoms with Crippen LogP contribution in [0.1, 0.15) is 58.8 Å². The van der Waals surface area contributed by atoms with Crippen LogP contribution in [0.25, 0.3) is 0 Å². The molecule has 0 unspecified atom stereocenters. The molecule has 0 bridgehead atoms. The van der Waals surface area contributed by atoms with Gasteiger partial charge in [0.2, 0.25) is 0 Å². The molecule has 0 amide bonds. The second-order valence-corrected chi connectivity index (χ2v) is 4.76. The quantitative estimate of drug-likeness (QED) is 0.623. The normalized spacial score (nSPS) is 18.7. The summed E-state index contributed by atoms with van der Waals surface area (Å²) in [6.45, 7) is 5.65. The minimum absolute atomic E-state index is 0.659. The number of nitrogens with one attached hydrogen (secondary N) is 1. The van der Waals surface area contributed by atoms with Crippen molar-refractivity contribution in [3.8, 4) is 0 Å². The van der Waals surface area contributed by atoms with Gasteiger partial charge in [0.25, 0.3) is 0 Å². The van der Waals surface area contributed by atoms with Crippen LogP contribution in [0.2, 0.25) is 0 Å². The predicted molar refractivity (Wildman–Crippen MR) is 58.9 cm³/mol. The lowest BCUT2D eigenvalue weighted by Gasteiger charge is -2.10. The first kappa shape index (κ1) is 11.0. The molecule has 78 valence electrons. The van der Waals surface area contributed by atoms with Gasteiger partial charge in [-0.15, -0.1) is 0 Å². The summed E-state index contributed by atoms with van der Waals surface area (Å²) in [7, 11) is 0. The van der Waals surface area contributed by atoms with E-state index in [2.05, 4.69) is 19.2 Å². The van der Waals surface area contributed by atoms with E-state index in [0.29, 0.717) is 6.04 Å². The SMILES string of the molecule is CC(C)NCCCCC1CCCC1. The van der Waals surface area contributed by atoms with E-state index in [-0.39, 0.29) is 0 Å². The smallest absolute Gasteiger partial charge is 0.00103 e. The van der Waals surface area contributed by atoms with Crippen molar-refractivity contribution < 1.29 is 0 Å². The van der Waals surface area contributed by atoms with Crippen LogP contribution in [0.5, 0.6) is 0 Å². The Bertz CT molecular complexity index is 114. The maximum Gasteiger partial charge on any atom is 0.00103 e. The van der Waals surface area contributed by atoms with E-state index in [1.54, 1.807) is 0 Å². The number of rotatable bonds is 6. The van der Waals surface area contributed by atoms with Gasteiger partial charge in [-0.05, 0) is 18.9 Å². The van der Waals surface area contributed by atoms with Crippen molar-refractivity contribution in [3.05, 3.63) is 0 Å². The lowest BCUT2D eigenvalue weighted by atomic mass is 10.0. The van der Waals surface area contributed by atoms with E-state index in [0.717, 1.165) is 5.92 Å². The van der Waals surface area contributed by atoms with E-state index in [1.807, 2.05) is 0 Å². The first-order valence-electron chi connectivity index (χ1n) is 6.02. The van der Waals surface area contributed by atoms with Gasteiger partial charge in [-0.25, -0.2) is 0 Å². The van der Waals surface area contributed by atoms with Crippen LogP contribution < -0.4 is 5.32 Å². The first-order chi connectivity index (χ1) is 6.29. The van der Waals surface area contributed by atoms with Crippen LogP contribution in [-0.4, -0.2) is 12.6 Å². The summed E-state index contributed by atoms with van der Waals surface area (Å²) in [5.41, 5.74) is 0. The van der Waals surface area contributed by atoms with E-state index in [9.17, 15) is 0 Å². The summed E-state index contributed by atoms with van der Waals surface area (Å²) in [5, 5.41) is 3.47. The zero-order valence-electron chi connectivity index (χ0n) is 9.31. The van der Waals surface area contributed by atoms with Crippen molar-refractivity contribution in [2.45, 2.75) is 64.8 Å². The van der Waals surface area contributed by atoms with Crippen molar-refractivity contribution in [3.63, 3.8) is 0 Å². The van der Waals surface area contributed by atoms with Gasteiger partial charge in [-0.1, -0.05) is 52.4 Å². The fraction of sp³-hybridized carbons (Fsp3) is 1.00. The summed E-state index contributed by atoms with van der Waals surface area (Å²) in [5.74, 6) is 1.08. The number of hydrogen-bond acceptors (Lipinski definition) is 1. The molecule has 0 saturated heterocycles. The fourth-order valence-corrected chi connectivity index (χ4v) is 2.25. The van der Waals surface area contributed by atoms with Crippen molar-refractivity contribution in [1.29, 1.82) is 0 Å². The van der Waals surface area contributed by atoms with Gasteiger partial charge in [0.15, 0.2) is 0 Å². The van der Waals surface area contributed by atoms with Gasteiger partial charge in [-0.2, -0.15) is 0 Å². The van der Waals surface area contributed by atoms with Crippen LogP contribution in [-0.2, 0) is 0 Å². The highest BCUT2D eigenvalue weighted by atomic mass is 14.9. The highest BCUT2D eigenvalue weighted by molar-refractivity contribution is 4.67. The van der Waals surface area contributed by atoms with Gasteiger partial charge in [0, 0.05) is 6.04 Å². The van der Waals surface area contributed by atoms with Gasteiger partial charge in [0.05, 0.1) is 0 Å². The molecule has 1 aliphatic carbocycles. The summed E-state index contributed by atoms with van der Waals surface area (Å²) in [4.78, 5) is 0. The van der Waals surface area contributed by atoms with Crippen molar-refractivity contribution >= 4 is 0 Å². The third-order valence-electron chi connectivity index (χ3n) is 3.07. The Labute approximate surface area is 83.3 Å². The molecule has 1 rings (SSSR count). The molecule has 0 heterocycles. The third kappa shape index (κ3) is 5.30. The summed E-state index contributed by atoms with van der Waals surface area (Å²) >= 11 is 0. The average Bonchev–Trinajstić information content (AvgIpc) is 2.55. The third-order valence-corrected chi connectivity index (χ3v) is 3.07. The molecule has 1 nitrogen and oxygen atoms in total. The lowest BCUT2D eigenvalue weighted by Crippen LogP contribution is -2.23. The molecule has 0 aromatic rings. The van der Waals surface area contributed by atoms with Crippen LogP contribution >= 0.6 is 0 Å². The topological polar surface area (TPSA) is 12.0 Å². The minimum Gasteiger partial charge on any atom is -0.315 e. The Morgan fingerprint density at radius 2 is 1.85 bits per heavy atom. The first-order valence-corrected chi connectivity index (χ1v) is 6.02. The Hall–Kier alpha value is -0.0400. The van der Waals surface area contributed by atoms with Crippen LogP contribution in [0.15, 0.2) is 0 Å². The molecule has 13 heavy (non-hydrogen) atoms. The molecular formula is C12H25N. The summed E-state index contributed by atoms with van der Waals surface area (Å²) in [6.07, 6.45) is 10.3. The molecule has 0 aromatic carbocycles. The summed E-state index contributed by atoms with van der Waals surface area (Å²) in [6, 6.07) is 0.659. The zero-order chi connectivity index (χ0) is 9.52. The lowest BCUT2D eigenvalue weighted by molar-refractivity contribution is 0.459. The maximum absolute atomic E-state index is 3.47. The van der Waals surface area contributed by atoms with Crippen LogP contribution in [0.3, 0.4) is 0 Å². The molecule has 0 aliphatic heterocycles. The molecule has 0 aromatic heterocycles. The molecule has 0 radical (unpaired) electrons. The van der Waals surface area contributed by atoms with Crippen LogP contribution in [0.4, 0.5) is 0 Å². The fourth-order valence-electron chi connectivity index (χ4n) is 2.25. The summed E-state index contributed by atoms with van der Waals surface area (Å²) < 4.78 is 0. The van der Waals surface area contributed by atoms with Crippen molar-refractivity contribution in [1.82, 2.24) is 5.32 Å². The second kappa shape index (κ2) is 6.42. The Kier molecular flexibility index (Phi) is 5.45. The van der Waals surface area contributed by atoms with Gasteiger partial charge in [-0.3, -0.25) is 0 Å². The van der Waals surface area contributed by atoms with Crippen LogP contribution in [0, 0.1) is 5.92 Å². The molecule has 1 aliphatic rings. The highest BCUT2D eigenvalue weighted by Crippen LogP contribution is 2.28. The largest absolute Gasteiger partial charge is 0.315 e. The number of hydrogen-bond donors (Lipinski definition) is 1. The molecule has 1 heteroatoms. The Morgan fingerprint density at radius 1 is 1.15 bits per heavy atom. The highest BCUT2D eigenvalue weighted by Gasteiger charge is 2.13. The van der Waals surface area contributed by atoms with Gasteiger partial charge in [0.1, 0.15) is 0 Å². The molecule has 0 spiro atoms. The predicted octanol–water partition coefficient (Wildman–Crippen LogP) is 3.34. The van der Waals surface area contributed by atoms with E-state index in [1.165, 1.54) is 51.5 Å². The Balaban J connectivity index is 1.83. The molecule has 1 N–H and O–H groups in total. The molecule has 0 atom stereocenters. The second-order valence-electron chi connectivity index (χ2n) is 4.76. The van der Waals surface area contributed by atoms with Gasteiger partial charge < -0.3 is 5.32 Å². The van der Waals surface area contributed by atoms with Crippen molar-refractivity contribution in [2.24, 2.45) is 5.92 Å². The zero-order valence-corrected chi connectivity index (χ0v) is 9.31. The molecule has 1 saturated carbocycles. The van der Waals surface area contributed by atoms with E-state index < -0.39 is 0 Å². The minimum atomic E-state index is 0.659. The van der Waals surface area contributed by atoms with Crippen molar-refractivity contribution in [2.75, 3.05) is 6.54 Å².